The van der Waals surface area contributed by atoms with Gasteiger partial charge in [0.1, 0.15) is 0 Å². The molecule has 8 aromatic rings. The first-order valence-corrected chi connectivity index (χ1v) is 11.2. The highest BCUT2D eigenvalue weighted by atomic mass is 14.2. The van der Waals surface area contributed by atoms with E-state index in [4.69, 9.17) is 0 Å². The van der Waals surface area contributed by atoms with Gasteiger partial charge >= 0.3 is 0 Å². The molecule has 0 aliphatic rings. The van der Waals surface area contributed by atoms with Crippen LogP contribution < -0.4 is 0 Å². The third kappa shape index (κ3) is 1.98. The Balaban J connectivity index is 1.56. The van der Waals surface area contributed by atoms with E-state index in [0.29, 0.717) is 0 Å². The first-order chi connectivity index (χ1) is 15.9. The molecule has 0 aromatic heterocycles. The van der Waals surface area contributed by atoms with Gasteiger partial charge in [-0.1, -0.05) is 109 Å². The van der Waals surface area contributed by atoms with Crippen molar-refractivity contribution in [3.8, 4) is 11.1 Å². The van der Waals surface area contributed by atoms with Gasteiger partial charge in [-0.15, -0.1) is 0 Å². The number of rotatable bonds is 1. The molecule has 0 heterocycles. The van der Waals surface area contributed by atoms with Crippen molar-refractivity contribution in [2.24, 2.45) is 0 Å². The average Bonchev–Trinajstić information content (AvgIpc) is 2.86. The number of benzene rings is 8. The van der Waals surface area contributed by atoms with Gasteiger partial charge in [-0.25, -0.2) is 0 Å². The Kier molecular flexibility index (Phi) is 2.97. The second kappa shape index (κ2) is 5.75. The number of hydrogen-bond donors (Lipinski definition) is 0. The van der Waals surface area contributed by atoms with Crippen molar-refractivity contribution in [3.05, 3.63) is 109 Å². The Bertz CT molecular complexity index is 1800. The van der Waals surface area contributed by atoms with Crippen LogP contribution in [0.4, 0.5) is 0 Å². The van der Waals surface area contributed by atoms with E-state index in [-0.39, 0.29) is 0 Å². The molecule has 0 fully saturated rings. The molecule has 0 heteroatoms. The average molecular weight is 402 g/mol. The van der Waals surface area contributed by atoms with Crippen molar-refractivity contribution in [2.45, 2.75) is 0 Å². The summed E-state index contributed by atoms with van der Waals surface area (Å²) >= 11 is 0. The molecular formula is C32H18. The highest BCUT2D eigenvalue weighted by Gasteiger charge is 2.15. The molecule has 0 nitrogen and oxygen atoms in total. The molecule has 0 unspecified atom stereocenters. The summed E-state index contributed by atoms with van der Waals surface area (Å²) in [5.41, 5.74) is 2.63. The summed E-state index contributed by atoms with van der Waals surface area (Å²) in [7, 11) is 0. The third-order valence-electron chi connectivity index (χ3n) is 7.35. The summed E-state index contributed by atoms with van der Waals surface area (Å²) in [5.74, 6) is 0. The van der Waals surface area contributed by atoms with Crippen molar-refractivity contribution in [1.29, 1.82) is 0 Å². The summed E-state index contributed by atoms with van der Waals surface area (Å²) in [6.07, 6.45) is 0. The van der Waals surface area contributed by atoms with Gasteiger partial charge in [0.2, 0.25) is 0 Å². The summed E-state index contributed by atoms with van der Waals surface area (Å²) in [4.78, 5) is 0. The summed E-state index contributed by atoms with van der Waals surface area (Å²) < 4.78 is 0. The summed E-state index contributed by atoms with van der Waals surface area (Å²) in [5, 5.41) is 16.1. The van der Waals surface area contributed by atoms with Gasteiger partial charge in [0, 0.05) is 0 Å². The molecule has 0 aliphatic heterocycles. The maximum atomic E-state index is 2.32. The molecule has 0 atom stereocenters. The molecule has 0 aliphatic carbocycles. The van der Waals surface area contributed by atoms with Crippen molar-refractivity contribution >= 4 is 64.6 Å². The van der Waals surface area contributed by atoms with Gasteiger partial charge in [-0.05, 0) is 75.8 Å². The van der Waals surface area contributed by atoms with Gasteiger partial charge in [0.25, 0.3) is 0 Å². The summed E-state index contributed by atoms with van der Waals surface area (Å²) in [6.45, 7) is 0. The van der Waals surface area contributed by atoms with Crippen LogP contribution in [-0.2, 0) is 0 Å². The normalized spacial score (nSPS) is 12.4. The quantitative estimate of drug-likeness (QED) is 0.240. The zero-order valence-corrected chi connectivity index (χ0v) is 17.4. The number of hydrogen-bond acceptors (Lipinski definition) is 0. The highest BCUT2D eigenvalue weighted by Crippen LogP contribution is 2.43. The molecular weight excluding hydrogens is 384 g/mol. The first-order valence-electron chi connectivity index (χ1n) is 11.2. The fourth-order valence-corrected chi connectivity index (χ4v) is 5.94. The lowest BCUT2D eigenvalue weighted by atomic mass is 9.86. The first kappa shape index (κ1) is 16.5. The van der Waals surface area contributed by atoms with E-state index in [2.05, 4.69) is 109 Å². The smallest absolute Gasteiger partial charge is 0.00206 e. The molecule has 0 saturated heterocycles. The molecule has 0 amide bonds. The van der Waals surface area contributed by atoms with E-state index in [1.54, 1.807) is 0 Å². The Hall–Kier alpha value is -4.16. The molecule has 0 spiro atoms. The van der Waals surface area contributed by atoms with E-state index in [0.717, 1.165) is 0 Å². The van der Waals surface area contributed by atoms with Crippen LogP contribution in [0.3, 0.4) is 0 Å². The lowest BCUT2D eigenvalue weighted by Crippen LogP contribution is -1.90. The van der Waals surface area contributed by atoms with Gasteiger partial charge in [-0.2, -0.15) is 0 Å². The Labute approximate surface area is 185 Å². The van der Waals surface area contributed by atoms with Gasteiger partial charge < -0.3 is 0 Å². The monoisotopic (exact) mass is 402 g/mol. The second-order valence-corrected chi connectivity index (χ2v) is 8.94. The minimum atomic E-state index is 1.31. The van der Waals surface area contributed by atoms with Crippen LogP contribution in [0, 0.1) is 0 Å². The van der Waals surface area contributed by atoms with E-state index in [1.807, 2.05) is 0 Å². The third-order valence-corrected chi connectivity index (χ3v) is 7.35. The lowest BCUT2D eigenvalue weighted by Gasteiger charge is -2.17. The Morgan fingerprint density at radius 2 is 0.562 bits per heavy atom. The predicted octanol–water partition coefficient (Wildman–Crippen LogP) is 9.15. The zero-order valence-electron chi connectivity index (χ0n) is 17.4. The van der Waals surface area contributed by atoms with Crippen molar-refractivity contribution in [1.82, 2.24) is 0 Å². The largest absolute Gasteiger partial charge is 0.0610 e. The fraction of sp³-hybridized carbons (Fsp3) is 0. The molecule has 0 bridgehead atoms. The van der Waals surface area contributed by atoms with Gasteiger partial charge in [0.15, 0.2) is 0 Å². The second-order valence-electron chi connectivity index (χ2n) is 8.94. The molecule has 8 aromatic carbocycles. The molecule has 146 valence electrons. The summed E-state index contributed by atoms with van der Waals surface area (Å²) in [6, 6.07) is 40.7. The van der Waals surface area contributed by atoms with Crippen molar-refractivity contribution in [3.63, 3.8) is 0 Å². The van der Waals surface area contributed by atoms with Crippen LogP contribution in [0.25, 0.3) is 75.8 Å². The van der Waals surface area contributed by atoms with Gasteiger partial charge in [0.05, 0.1) is 0 Å². The SMILES string of the molecule is c1cc2ccc3ccc(-c4ccc5ccc6cccc7ccc4c5c67)c4ccc(c1)c2c34. The molecule has 8 rings (SSSR count). The van der Waals surface area contributed by atoms with Crippen LogP contribution >= 0.6 is 0 Å². The minimum absolute atomic E-state index is 1.31. The van der Waals surface area contributed by atoms with Crippen LogP contribution in [0.2, 0.25) is 0 Å². The van der Waals surface area contributed by atoms with E-state index >= 15 is 0 Å². The maximum Gasteiger partial charge on any atom is -0.00206 e. The Morgan fingerprint density at radius 1 is 0.250 bits per heavy atom. The molecule has 0 radical (unpaired) electrons. The lowest BCUT2D eigenvalue weighted by molar-refractivity contribution is 1.72. The highest BCUT2D eigenvalue weighted by molar-refractivity contribution is 6.29. The van der Waals surface area contributed by atoms with Crippen LogP contribution in [0.15, 0.2) is 109 Å². The fourth-order valence-electron chi connectivity index (χ4n) is 5.94. The topological polar surface area (TPSA) is 0 Å². The van der Waals surface area contributed by atoms with Crippen LogP contribution in [0.5, 0.6) is 0 Å². The Morgan fingerprint density at radius 3 is 0.969 bits per heavy atom. The zero-order chi connectivity index (χ0) is 20.8. The molecule has 0 N–H and O–H groups in total. The van der Waals surface area contributed by atoms with Crippen molar-refractivity contribution in [2.75, 3.05) is 0 Å². The molecule has 32 heavy (non-hydrogen) atoms. The predicted molar refractivity (Wildman–Crippen MR) is 139 cm³/mol. The standard InChI is InChI=1S/C32H18/c1-3-19-7-9-23-11-15-25(27-17-13-21(5-1)29(19)31(23)27)26-16-12-24-10-8-20-4-2-6-22-14-18-28(26)32(24)30(20)22/h1-18H. The van der Waals surface area contributed by atoms with E-state index in [1.165, 1.54) is 75.8 Å². The maximum absolute atomic E-state index is 2.32. The van der Waals surface area contributed by atoms with Crippen LogP contribution in [0.1, 0.15) is 0 Å². The van der Waals surface area contributed by atoms with Gasteiger partial charge in [-0.3, -0.25) is 0 Å². The van der Waals surface area contributed by atoms with Crippen molar-refractivity contribution < 1.29 is 0 Å². The molecule has 0 saturated carbocycles. The van der Waals surface area contributed by atoms with Crippen LogP contribution in [-0.4, -0.2) is 0 Å². The van der Waals surface area contributed by atoms with E-state index in [9.17, 15) is 0 Å². The van der Waals surface area contributed by atoms with E-state index < -0.39 is 0 Å². The minimum Gasteiger partial charge on any atom is -0.0610 e.